The number of aliphatic hydroxyl groups excluding tert-OH is 1. The van der Waals surface area contributed by atoms with Crippen LogP contribution in [-0.4, -0.2) is 29.6 Å². The van der Waals surface area contributed by atoms with Crippen LogP contribution in [0, 0.1) is 5.92 Å². The highest BCUT2D eigenvalue weighted by atomic mass is 16.6. The second kappa shape index (κ2) is 4.87. The second-order valence-electron chi connectivity index (χ2n) is 2.85. The van der Waals surface area contributed by atoms with Crippen molar-refractivity contribution in [2.24, 2.45) is 5.92 Å². The molecule has 12 heavy (non-hydrogen) atoms. The molecule has 1 unspecified atom stereocenters. The van der Waals surface area contributed by atoms with Crippen molar-refractivity contribution in [1.82, 2.24) is 0 Å². The van der Waals surface area contributed by atoms with Gasteiger partial charge in [-0.25, -0.2) is 4.79 Å². The van der Waals surface area contributed by atoms with Crippen LogP contribution in [0.5, 0.6) is 0 Å². The van der Waals surface area contributed by atoms with Crippen LogP contribution in [0.15, 0.2) is 0 Å². The molecule has 0 aromatic carbocycles. The lowest BCUT2D eigenvalue weighted by molar-refractivity contribution is -0.157. The highest BCUT2D eigenvalue weighted by Crippen LogP contribution is 2.02. The van der Waals surface area contributed by atoms with E-state index in [1.807, 2.05) is 0 Å². The van der Waals surface area contributed by atoms with E-state index in [2.05, 4.69) is 4.74 Å². The van der Waals surface area contributed by atoms with Gasteiger partial charge in [0.2, 0.25) is 0 Å². The zero-order valence-electron chi connectivity index (χ0n) is 7.53. The molecule has 0 aliphatic heterocycles. The first-order chi connectivity index (χ1) is 5.49. The van der Waals surface area contributed by atoms with Gasteiger partial charge >= 0.3 is 5.97 Å². The average molecular weight is 174 g/mol. The van der Waals surface area contributed by atoms with Crippen molar-refractivity contribution >= 4 is 11.8 Å². The molecule has 0 bridgehead atoms. The monoisotopic (exact) mass is 174 g/mol. The Morgan fingerprint density at radius 1 is 1.33 bits per heavy atom. The topological polar surface area (TPSA) is 63.6 Å². The molecule has 0 amide bonds. The Kier molecular flexibility index (Phi) is 4.51. The molecule has 0 radical (unpaired) electrons. The predicted octanol–water partition coefficient (Wildman–Crippen LogP) is 0.135. The summed E-state index contributed by atoms with van der Waals surface area (Å²) in [5.74, 6) is -1.07. The number of ketones is 1. The van der Waals surface area contributed by atoms with Crippen molar-refractivity contribution in [3.63, 3.8) is 0 Å². The SMILES string of the molecule is CC(C)C(=O)C(C)OC(=O)CO. The maximum Gasteiger partial charge on any atom is 0.332 e. The van der Waals surface area contributed by atoms with Crippen molar-refractivity contribution in [1.29, 1.82) is 0 Å². The number of Topliss-reactive ketones (excluding diaryl/α,β-unsaturated/α-hetero) is 1. The van der Waals surface area contributed by atoms with Crippen LogP contribution in [-0.2, 0) is 14.3 Å². The molecule has 4 nitrogen and oxygen atoms in total. The quantitative estimate of drug-likeness (QED) is 0.615. The highest BCUT2D eigenvalue weighted by molar-refractivity contribution is 5.86. The van der Waals surface area contributed by atoms with Gasteiger partial charge in [0.1, 0.15) is 6.61 Å². The number of carbonyl (C=O) groups is 2. The zero-order valence-corrected chi connectivity index (χ0v) is 7.53. The molecule has 0 aromatic rings. The Balaban J connectivity index is 3.95. The summed E-state index contributed by atoms with van der Waals surface area (Å²) >= 11 is 0. The molecule has 4 heteroatoms. The lowest BCUT2D eigenvalue weighted by Gasteiger charge is -2.12. The standard InChI is InChI=1S/C8H14O4/c1-5(2)8(11)6(3)12-7(10)4-9/h5-6,9H,4H2,1-3H3. The number of hydrogen-bond donors (Lipinski definition) is 1. The number of esters is 1. The summed E-state index contributed by atoms with van der Waals surface area (Å²) in [6, 6.07) is 0. The fourth-order valence-corrected chi connectivity index (χ4v) is 0.762. The van der Waals surface area contributed by atoms with E-state index in [1.54, 1.807) is 13.8 Å². The summed E-state index contributed by atoms with van der Waals surface area (Å²) in [7, 11) is 0. The minimum absolute atomic E-state index is 0.142. The molecular weight excluding hydrogens is 160 g/mol. The van der Waals surface area contributed by atoms with Gasteiger partial charge in [-0.1, -0.05) is 13.8 Å². The summed E-state index contributed by atoms with van der Waals surface area (Å²) in [6.07, 6.45) is -0.760. The molecule has 70 valence electrons. The van der Waals surface area contributed by atoms with E-state index in [4.69, 9.17) is 5.11 Å². The van der Waals surface area contributed by atoms with Gasteiger partial charge in [0, 0.05) is 5.92 Å². The third-order valence-electron chi connectivity index (χ3n) is 1.41. The van der Waals surface area contributed by atoms with Crippen molar-refractivity contribution in [3.05, 3.63) is 0 Å². The van der Waals surface area contributed by atoms with E-state index in [0.29, 0.717) is 0 Å². The molecule has 0 saturated heterocycles. The summed E-state index contributed by atoms with van der Waals surface area (Å²) in [5.41, 5.74) is 0. The molecule has 0 fully saturated rings. The van der Waals surface area contributed by atoms with Crippen molar-refractivity contribution in [3.8, 4) is 0 Å². The van der Waals surface area contributed by atoms with E-state index >= 15 is 0 Å². The van der Waals surface area contributed by atoms with Gasteiger partial charge in [0.25, 0.3) is 0 Å². The van der Waals surface area contributed by atoms with Crippen molar-refractivity contribution < 1.29 is 19.4 Å². The molecule has 0 saturated carbocycles. The first-order valence-electron chi connectivity index (χ1n) is 3.83. The van der Waals surface area contributed by atoms with Crippen LogP contribution in [0.3, 0.4) is 0 Å². The maximum atomic E-state index is 11.1. The van der Waals surface area contributed by atoms with Gasteiger partial charge in [0.05, 0.1) is 0 Å². The molecule has 0 aliphatic rings. The van der Waals surface area contributed by atoms with E-state index in [1.165, 1.54) is 6.92 Å². The van der Waals surface area contributed by atoms with E-state index in [9.17, 15) is 9.59 Å². The van der Waals surface area contributed by atoms with Gasteiger partial charge in [0.15, 0.2) is 11.9 Å². The zero-order chi connectivity index (χ0) is 9.72. The molecule has 0 aromatic heterocycles. The lowest BCUT2D eigenvalue weighted by Crippen LogP contribution is -2.28. The largest absolute Gasteiger partial charge is 0.453 e. The Labute approximate surface area is 71.5 Å². The average Bonchev–Trinajstić information content (AvgIpc) is 2.02. The fourth-order valence-electron chi connectivity index (χ4n) is 0.762. The van der Waals surface area contributed by atoms with Crippen LogP contribution < -0.4 is 0 Å². The summed E-state index contributed by atoms with van der Waals surface area (Å²) < 4.78 is 4.58. The first kappa shape index (κ1) is 11.1. The van der Waals surface area contributed by atoms with Crippen LogP contribution in [0.1, 0.15) is 20.8 Å². The number of hydrogen-bond acceptors (Lipinski definition) is 4. The fraction of sp³-hybridized carbons (Fsp3) is 0.750. The molecular formula is C8H14O4. The minimum Gasteiger partial charge on any atom is -0.453 e. The number of ether oxygens (including phenoxy) is 1. The molecule has 1 N–H and O–H groups in total. The Bertz CT molecular complexity index is 174. The van der Waals surface area contributed by atoms with E-state index in [-0.39, 0.29) is 11.7 Å². The lowest BCUT2D eigenvalue weighted by atomic mass is 10.1. The Hall–Kier alpha value is -0.900. The van der Waals surface area contributed by atoms with Crippen LogP contribution >= 0.6 is 0 Å². The highest BCUT2D eigenvalue weighted by Gasteiger charge is 2.19. The van der Waals surface area contributed by atoms with Gasteiger partial charge in [-0.2, -0.15) is 0 Å². The Morgan fingerprint density at radius 2 is 1.83 bits per heavy atom. The summed E-state index contributed by atoms with van der Waals surface area (Å²) in [4.78, 5) is 21.7. The van der Waals surface area contributed by atoms with Crippen molar-refractivity contribution in [2.45, 2.75) is 26.9 Å². The number of carbonyl (C=O) groups excluding carboxylic acids is 2. The maximum absolute atomic E-state index is 11.1. The smallest absolute Gasteiger partial charge is 0.332 e. The summed E-state index contributed by atoms with van der Waals surface area (Å²) in [5, 5.41) is 8.32. The minimum atomic E-state index is -0.767. The normalized spacial score (nSPS) is 12.8. The predicted molar refractivity (Wildman–Crippen MR) is 42.5 cm³/mol. The first-order valence-corrected chi connectivity index (χ1v) is 3.83. The molecule has 0 heterocycles. The van der Waals surface area contributed by atoms with Gasteiger partial charge < -0.3 is 9.84 Å². The van der Waals surface area contributed by atoms with Crippen LogP contribution in [0.4, 0.5) is 0 Å². The van der Waals surface area contributed by atoms with Crippen LogP contribution in [0.25, 0.3) is 0 Å². The number of rotatable bonds is 4. The summed E-state index contributed by atoms with van der Waals surface area (Å²) in [6.45, 7) is 4.27. The number of aliphatic hydroxyl groups is 1. The van der Waals surface area contributed by atoms with Gasteiger partial charge in [-0.05, 0) is 6.92 Å². The van der Waals surface area contributed by atoms with Crippen molar-refractivity contribution in [2.75, 3.05) is 6.61 Å². The second-order valence-corrected chi connectivity index (χ2v) is 2.85. The molecule has 1 atom stereocenters. The third-order valence-corrected chi connectivity index (χ3v) is 1.41. The van der Waals surface area contributed by atoms with E-state index in [0.717, 1.165) is 0 Å². The molecule has 0 aliphatic carbocycles. The van der Waals surface area contributed by atoms with Crippen LogP contribution in [0.2, 0.25) is 0 Å². The Morgan fingerprint density at radius 3 is 2.17 bits per heavy atom. The van der Waals surface area contributed by atoms with Gasteiger partial charge in [-0.3, -0.25) is 4.79 Å². The molecule has 0 rings (SSSR count). The molecule has 0 spiro atoms. The third kappa shape index (κ3) is 3.48. The van der Waals surface area contributed by atoms with E-state index < -0.39 is 18.7 Å². The van der Waals surface area contributed by atoms with Gasteiger partial charge in [-0.15, -0.1) is 0 Å².